The molecule has 1 N–H and O–H groups in total. The molecule has 1 aliphatic heterocycles. The molecule has 4 aromatic rings. The summed E-state index contributed by atoms with van der Waals surface area (Å²) in [4.78, 5) is 4.82. The van der Waals surface area contributed by atoms with E-state index in [1.165, 1.54) is 11.1 Å². The molecule has 1 aliphatic rings. The lowest BCUT2D eigenvalue weighted by atomic mass is 10.0. The van der Waals surface area contributed by atoms with Crippen molar-refractivity contribution in [1.82, 2.24) is 0 Å². The normalized spacial score (nSPS) is 15.2. The summed E-state index contributed by atoms with van der Waals surface area (Å²) in [6.07, 6.45) is 7.08. The van der Waals surface area contributed by atoms with Crippen molar-refractivity contribution in [2.45, 2.75) is 12.5 Å². The zero-order valence-corrected chi connectivity index (χ0v) is 18.3. The maximum absolute atomic E-state index is 6.33. The Balaban J connectivity index is 1.51. The summed E-state index contributed by atoms with van der Waals surface area (Å²) in [5.41, 5.74) is 7.82. The second kappa shape index (κ2) is 9.25. The summed E-state index contributed by atoms with van der Waals surface area (Å²) in [7, 11) is 0. The summed E-state index contributed by atoms with van der Waals surface area (Å²) in [6, 6.07) is 33.4. The van der Waals surface area contributed by atoms with Gasteiger partial charge in [0.2, 0.25) is 0 Å². The number of aliphatic imine (C=N–C) groups is 1. The third-order valence-corrected chi connectivity index (χ3v) is 6.06. The Morgan fingerprint density at radius 2 is 1.50 bits per heavy atom. The Morgan fingerprint density at radius 3 is 2.28 bits per heavy atom. The second-order valence-corrected chi connectivity index (χ2v) is 8.31. The average Bonchev–Trinajstić information content (AvgIpc) is 3.26. The van der Waals surface area contributed by atoms with Crippen LogP contribution < -0.4 is 5.32 Å². The van der Waals surface area contributed by atoms with Gasteiger partial charge in [0, 0.05) is 28.1 Å². The van der Waals surface area contributed by atoms with E-state index in [4.69, 9.17) is 16.6 Å². The minimum Gasteiger partial charge on any atom is -0.378 e. The van der Waals surface area contributed by atoms with Crippen LogP contribution >= 0.6 is 11.6 Å². The van der Waals surface area contributed by atoms with Crippen LogP contribution in [-0.2, 0) is 6.42 Å². The van der Waals surface area contributed by atoms with Gasteiger partial charge in [0.05, 0.1) is 11.7 Å². The number of anilines is 1. The Kier molecular flexibility index (Phi) is 5.87. The lowest BCUT2D eigenvalue weighted by Gasteiger charge is -2.11. The van der Waals surface area contributed by atoms with Gasteiger partial charge in [-0.25, -0.2) is 0 Å². The van der Waals surface area contributed by atoms with Gasteiger partial charge >= 0.3 is 0 Å². The molecule has 0 spiro atoms. The number of rotatable bonds is 5. The molecule has 0 saturated heterocycles. The zero-order chi connectivity index (χ0) is 21.8. The molecule has 0 aromatic heterocycles. The fourth-order valence-electron chi connectivity index (χ4n) is 4.01. The molecule has 0 radical (unpaired) electrons. The first-order chi connectivity index (χ1) is 15.8. The van der Waals surface area contributed by atoms with Gasteiger partial charge in [-0.05, 0) is 41.3 Å². The Bertz CT molecular complexity index is 1280. The van der Waals surface area contributed by atoms with Gasteiger partial charge in [0.15, 0.2) is 0 Å². The van der Waals surface area contributed by atoms with Crippen molar-refractivity contribution in [3.63, 3.8) is 0 Å². The van der Waals surface area contributed by atoms with Crippen molar-refractivity contribution < 1.29 is 0 Å². The molecule has 2 nitrogen and oxygen atoms in total. The summed E-state index contributed by atoms with van der Waals surface area (Å²) >= 11 is 6.33. The van der Waals surface area contributed by atoms with Gasteiger partial charge in [-0.1, -0.05) is 103 Å². The number of nitrogens with zero attached hydrogens (tertiary/aromatic N) is 1. The first-order valence-corrected chi connectivity index (χ1v) is 11.1. The molecule has 0 bridgehead atoms. The summed E-state index contributed by atoms with van der Waals surface area (Å²) in [5.74, 6) is 0. The topological polar surface area (TPSA) is 24.4 Å². The highest BCUT2D eigenvalue weighted by Crippen LogP contribution is 2.39. The molecular weight excluding hydrogens is 412 g/mol. The van der Waals surface area contributed by atoms with E-state index >= 15 is 0 Å². The quantitative estimate of drug-likeness (QED) is 0.250. The second-order valence-electron chi connectivity index (χ2n) is 7.90. The molecule has 1 atom stereocenters. The van der Waals surface area contributed by atoms with Crippen LogP contribution in [-0.4, -0.2) is 6.21 Å². The van der Waals surface area contributed by atoms with Gasteiger partial charge in [-0.15, -0.1) is 0 Å². The number of hydrogen-bond acceptors (Lipinski definition) is 2. The van der Waals surface area contributed by atoms with Crippen molar-refractivity contribution in [3.05, 3.63) is 130 Å². The lowest BCUT2D eigenvalue weighted by Crippen LogP contribution is -2.04. The van der Waals surface area contributed by atoms with E-state index in [-0.39, 0.29) is 6.04 Å². The van der Waals surface area contributed by atoms with E-state index in [1.54, 1.807) is 0 Å². The fourth-order valence-corrected chi connectivity index (χ4v) is 4.20. The molecule has 1 heterocycles. The minimum absolute atomic E-state index is 0.278. The molecule has 32 heavy (non-hydrogen) atoms. The molecule has 156 valence electrons. The van der Waals surface area contributed by atoms with Crippen LogP contribution in [0.25, 0.3) is 12.2 Å². The number of nitrogens with one attached hydrogen (secondary N) is 1. The van der Waals surface area contributed by atoms with Crippen molar-refractivity contribution >= 4 is 41.3 Å². The van der Waals surface area contributed by atoms with Gasteiger partial charge < -0.3 is 5.32 Å². The van der Waals surface area contributed by atoms with Crippen LogP contribution in [0.1, 0.15) is 33.9 Å². The molecular formula is C29H23ClN2. The average molecular weight is 435 g/mol. The van der Waals surface area contributed by atoms with E-state index in [2.05, 4.69) is 72.1 Å². The predicted molar refractivity (Wildman–Crippen MR) is 137 cm³/mol. The van der Waals surface area contributed by atoms with Gasteiger partial charge in [0.25, 0.3) is 0 Å². The SMILES string of the molecule is Clc1ccccc1C=Nc1cc2c(cc1/C=C/c1ccccc1)C[C@H](c1ccccc1)N2. The van der Waals surface area contributed by atoms with E-state index in [0.717, 1.165) is 34.5 Å². The smallest absolute Gasteiger partial charge is 0.0722 e. The van der Waals surface area contributed by atoms with Crippen LogP contribution in [0.4, 0.5) is 11.4 Å². The fraction of sp³-hybridized carbons (Fsp3) is 0.0690. The summed E-state index contributed by atoms with van der Waals surface area (Å²) < 4.78 is 0. The highest BCUT2D eigenvalue weighted by molar-refractivity contribution is 6.33. The number of fused-ring (bicyclic) bond motifs is 1. The third-order valence-electron chi connectivity index (χ3n) is 5.71. The Labute approximate surface area is 193 Å². The number of halogens is 1. The molecule has 4 aromatic carbocycles. The molecule has 0 saturated carbocycles. The first-order valence-electron chi connectivity index (χ1n) is 10.8. The van der Waals surface area contributed by atoms with Crippen molar-refractivity contribution in [2.24, 2.45) is 4.99 Å². The molecule has 0 aliphatic carbocycles. The van der Waals surface area contributed by atoms with Crippen LogP contribution in [0, 0.1) is 0 Å². The zero-order valence-electron chi connectivity index (χ0n) is 17.6. The van der Waals surface area contributed by atoms with E-state index in [9.17, 15) is 0 Å². The lowest BCUT2D eigenvalue weighted by molar-refractivity contribution is 0.824. The van der Waals surface area contributed by atoms with E-state index in [1.807, 2.05) is 48.7 Å². The monoisotopic (exact) mass is 434 g/mol. The maximum Gasteiger partial charge on any atom is 0.0722 e. The highest BCUT2D eigenvalue weighted by atomic mass is 35.5. The number of hydrogen-bond donors (Lipinski definition) is 1. The standard InChI is InChI=1S/C29H23ClN2/c30-26-14-8-7-13-24(26)20-31-27-19-29-25(18-28(32-29)22-11-5-2-6-12-22)17-23(27)16-15-21-9-3-1-4-10-21/h1-17,19-20,28,32H,18H2/b16-15+,31-20?/t28-/m1/s1. The van der Waals surface area contributed by atoms with Crippen molar-refractivity contribution in [1.29, 1.82) is 0 Å². The molecule has 0 amide bonds. The summed E-state index contributed by atoms with van der Waals surface area (Å²) in [6.45, 7) is 0. The molecule has 0 fully saturated rings. The molecule has 3 heteroatoms. The predicted octanol–water partition coefficient (Wildman–Crippen LogP) is 7.97. The summed E-state index contributed by atoms with van der Waals surface area (Å²) in [5, 5.41) is 4.37. The Morgan fingerprint density at radius 1 is 0.781 bits per heavy atom. The number of benzene rings is 4. The van der Waals surface area contributed by atoms with Gasteiger partial charge in [0.1, 0.15) is 0 Å². The Hall–Kier alpha value is -3.62. The van der Waals surface area contributed by atoms with Crippen molar-refractivity contribution in [3.8, 4) is 0 Å². The molecule has 5 rings (SSSR count). The minimum atomic E-state index is 0.278. The van der Waals surface area contributed by atoms with Crippen LogP contribution in [0.5, 0.6) is 0 Å². The third kappa shape index (κ3) is 4.51. The highest BCUT2D eigenvalue weighted by Gasteiger charge is 2.23. The van der Waals surface area contributed by atoms with E-state index in [0.29, 0.717) is 5.02 Å². The van der Waals surface area contributed by atoms with Gasteiger partial charge in [-0.2, -0.15) is 0 Å². The maximum atomic E-state index is 6.33. The van der Waals surface area contributed by atoms with E-state index < -0.39 is 0 Å². The van der Waals surface area contributed by atoms with Crippen LogP contribution in [0.2, 0.25) is 5.02 Å². The first kappa shape index (κ1) is 20.3. The van der Waals surface area contributed by atoms with Crippen LogP contribution in [0.3, 0.4) is 0 Å². The van der Waals surface area contributed by atoms with Crippen molar-refractivity contribution in [2.75, 3.05) is 5.32 Å². The van der Waals surface area contributed by atoms with Gasteiger partial charge in [-0.3, -0.25) is 4.99 Å². The molecule has 0 unspecified atom stereocenters. The van der Waals surface area contributed by atoms with Crippen LogP contribution in [0.15, 0.2) is 102 Å². The largest absolute Gasteiger partial charge is 0.378 e.